The summed E-state index contributed by atoms with van der Waals surface area (Å²) in [6.07, 6.45) is 4.17. The van der Waals surface area contributed by atoms with E-state index in [1.807, 2.05) is 45.2 Å². The minimum absolute atomic E-state index is 0.0302. The van der Waals surface area contributed by atoms with Crippen LogP contribution in [0.25, 0.3) is 5.69 Å². The number of carbonyl (C=O) groups excluding carboxylic acids is 1. The summed E-state index contributed by atoms with van der Waals surface area (Å²) in [6, 6.07) is 13.7. The van der Waals surface area contributed by atoms with Crippen molar-refractivity contribution < 1.29 is 4.79 Å². The molecule has 1 aromatic carbocycles. The largest absolute Gasteiger partial charge is 0.335 e. The third-order valence-electron chi connectivity index (χ3n) is 5.65. The van der Waals surface area contributed by atoms with Gasteiger partial charge in [0.05, 0.1) is 5.69 Å². The Bertz CT molecular complexity index is 1230. The van der Waals surface area contributed by atoms with Gasteiger partial charge in [0.25, 0.3) is 5.91 Å². The van der Waals surface area contributed by atoms with Gasteiger partial charge in [0.15, 0.2) is 5.43 Å². The van der Waals surface area contributed by atoms with Crippen LogP contribution < -0.4 is 5.43 Å². The van der Waals surface area contributed by atoms with Crippen LogP contribution in [0.15, 0.2) is 76.7 Å². The first-order valence-corrected chi connectivity index (χ1v) is 11.6. The quantitative estimate of drug-likeness (QED) is 0.521. The molecule has 1 aliphatic heterocycles. The summed E-state index contributed by atoms with van der Waals surface area (Å²) in [4.78, 5) is 34.0. The number of rotatable bonds is 5. The lowest BCUT2D eigenvalue weighted by molar-refractivity contribution is 0.0775. The highest BCUT2D eigenvalue weighted by Gasteiger charge is 2.30. The van der Waals surface area contributed by atoms with Crippen molar-refractivity contribution in [2.24, 2.45) is 0 Å². The monoisotopic (exact) mass is 445 g/mol. The molecule has 5 nitrogen and oxygen atoms in total. The van der Waals surface area contributed by atoms with Gasteiger partial charge in [0.2, 0.25) is 0 Å². The summed E-state index contributed by atoms with van der Waals surface area (Å²) in [7, 11) is 0. The second-order valence-electron chi connectivity index (χ2n) is 8.15. The Morgan fingerprint density at radius 3 is 2.75 bits per heavy atom. The highest BCUT2D eigenvalue weighted by Crippen LogP contribution is 2.44. The van der Waals surface area contributed by atoms with E-state index in [-0.39, 0.29) is 22.1 Å². The molecule has 0 fully saturated rings. The summed E-state index contributed by atoms with van der Waals surface area (Å²) in [5.41, 5.74) is 4.55. The van der Waals surface area contributed by atoms with Gasteiger partial charge in [0.1, 0.15) is 5.56 Å². The first-order valence-electron chi connectivity index (χ1n) is 10.8. The molecule has 0 saturated heterocycles. The number of likely N-dealkylation sites (N-methyl/N-ethyl adjacent to an activating group) is 1. The molecule has 3 heterocycles. The van der Waals surface area contributed by atoms with Gasteiger partial charge in [-0.15, -0.1) is 11.8 Å². The first-order chi connectivity index (χ1) is 15.4. The number of thioether (sulfide) groups is 1. The number of nitrogens with zero attached hydrogens (tertiary/aromatic N) is 3. The van der Waals surface area contributed by atoms with Crippen LogP contribution in [0.3, 0.4) is 0 Å². The van der Waals surface area contributed by atoms with Crippen LogP contribution in [-0.4, -0.2) is 33.4 Å². The zero-order valence-corrected chi connectivity index (χ0v) is 19.5. The summed E-state index contributed by atoms with van der Waals surface area (Å²) >= 11 is 1.75. The third kappa shape index (κ3) is 4.15. The molecule has 4 rings (SSSR count). The van der Waals surface area contributed by atoms with Crippen molar-refractivity contribution in [3.63, 3.8) is 0 Å². The zero-order valence-electron chi connectivity index (χ0n) is 18.7. The van der Waals surface area contributed by atoms with E-state index in [0.717, 1.165) is 33.1 Å². The van der Waals surface area contributed by atoms with Gasteiger partial charge in [-0.25, -0.2) is 0 Å². The highest BCUT2D eigenvalue weighted by molar-refractivity contribution is 7.99. The minimum atomic E-state index is -0.237. The Kier molecular flexibility index (Phi) is 6.33. The van der Waals surface area contributed by atoms with E-state index in [1.165, 1.54) is 0 Å². The lowest BCUT2D eigenvalue weighted by Gasteiger charge is -2.25. The van der Waals surface area contributed by atoms with E-state index < -0.39 is 0 Å². The van der Waals surface area contributed by atoms with E-state index in [4.69, 9.17) is 0 Å². The van der Waals surface area contributed by atoms with Crippen LogP contribution in [0, 0.1) is 6.92 Å². The average molecular weight is 446 g/mol. The average Bonchev–Trinajstić information content (AvgIpc) is 2.95. The maximum atomic E-state index is 13.6. The van der Waals surface area contributed by atoms with Gasteiger partial charge in [-0.3, -0.25) is 14.6 Å². The van der Waals surface area contributed by atoms with Gasteiger partial charge in [0, 0.05) is 59.5 Å². The number of pyridine rings is 2. The molecule has 0 saturated carbocycles. The molecule has 3 aromatic rings. The second-order valence-corrected chi connectivity index (χ2v) is 9.39. The van der Waals surface area contributed by atoms with Gasteiger partial charge >= 0.3 is 0 Å². The Balaban J connectivity index is 1.96. The van der Waals surface area contributed by atoms with Crippen molar-refractivity contribution in [3.05, 3.63) is 99.7 Å². The molecule has 0 radical (unpaired) electrons. The molecule has 0 bridgehead atoms. The molecule has 0 unspecified atom stereocenters. The number of hydrogen-bond acceptors (Lipinski definition) is 4. The molecule has 32 heavy (non-hydrogen) atoms. The zero-order chi connectivity index (χ0) is 22.8. The van der Waals surface area contributed by atoms with Crippen molar-refractivity contribution >= 4 is 17.7 Å². The molecule has 2 aromatic heterocycles. The lowest BCUT2D eigenvalue weighted by Crippen LogP contribution is -2.37. The Morgan fingerprint density at radius 1 is 1.28 bits per heavy atom. The topological polar surface area (TPSA) is 55.2 Å². The summed E-state index contributed by atoms with van der Waals surface area (Å²) in [5.74, 6) is -0.237. The van der Waals surface area contributed by atoms with Crippen LogP contribution in [0.5, 0.6) is 0 Å². The van der Waals surface area contributed by atoms with E-state index >= 15 is 0 Å². The minimum Gasteiger partial charge on any atom is -0.335 e. The standard InChI is InChI=1S/C26H27N3O2S/c1-5-28(16-17(2)3)26(31)25-21-14-24(19-9-8-12-27-15-19)32-23-11-7-6-10-20(23)29(21)18(4)13-22(25)30/h6-13,15,24H,2,5,14,16H2,1,3-4H3/t24-/m1/s1. The predicted octanol–water partition coefficient (Wildman–Crippen LogP) is 4.97. The Labute approximate surface area is 192 Å². The SMILES string of the molecule is C=C(C)CN(CC)C(=O)c1c2n(c(C)cc1=O)-c1ccccc1S[C@@H](c1cccnc1)C2. The van der Waals surface area contributed by atoms with Gasteiger partial charge < -0.3 is 9.47 Å². The maximum absolute atomic E-state index is 13.6. The van der Waals surface area contributed by atoms with Crippen molar-refractivity contribution in [1.29, 1.82) is 0 Å². The van der Waals surface area contributed by atoms with Crippen molar-refractivity contribution in [2.75, 3.05) is 13.1 Å². The maximum Gasteiger partial charge on any atom is 0.259 e. The van der Waals surface area contributed by atoms with Crippen LogP contribution in [-0.2, 0) is 6.42 Å². The first kappa shape index (κ1) is 22.1. The van der Waals surface area contributed by atoms with Crippen molar-refractivity contribution in [2.45, 2.75) is 37.3 Å². The molecule has 164 valence electrons. The molecule has 1 amide bonds. The highest BCUT2D eigenvalue weighted by atomic mass is 32.2. The van der Waals surface area contributed by atoms with Crippen LogP contribution in [0.4, 0.5) is 0 Å². The molecule has 6 heteroatoms. The van der Waals surface area contributed by atoms with E-state index in [9.17, 15) is 9.59 Å². The summed E-state index contributed by atoms with van der Waals surface area (Å²) in [5, 5.41) is 0.0302. The van der Waals surface area contributed by atoms with E-state index in [1.54, 1.807) is 28.9 Å². The second kappa shape index (κ2) is 9.17. The number of benzene rings is 1. The normalized spacial score (nSPS) is 14.8. The molecule has 0 aliphatic carbocycles. The molecular formula is C26H27N3O2S. The fourth-order valence-electron chi connectivity index (χ4n) is 4.23. The van der Waals surface area contributed by atoms with E-state index in [0.29, 0.717) is 19.5 Å². The number of aryl methyl sites for hydroxylation is 1. The molecule has 0 spiro atoms. The molecular weight excluding hydrogens is 418 g/mol. The van der Waals surface area contributed by atoms with Crippen molar-refractivity contribution in [1.82, 2.24) is 14.5 Å². The van der Waals surface area contributed by atoms with Gasteiger partial charge in [-0.1, -0.05) is 30.4 Å². The Morgan fingerprint density at radius 2 is 2.06 bits per heavy atom. The number of hydrogen-bond donors (Lipinski definition) is 0. The smallest absolute Gasteiger partial charge is 0.259 e. The number of para-hydroxylation sites is 1. The van der Waals surface area contributed by atoms with Gasteiger partial charge in [-0.05, 0) is 44.5 Å². The fraction of sp³-hybridized carbons (Fsp3) is 0.269. The number of aromatic nitrogens is 2. The Hall–Kier alpha value is -3.12. The number of fused-ring (bicyclic) bond motifs is 3. The van der Waals surface area contributed by atoms with Crippen LogP contribution in [0.2, 0.25) is 0 Å². The lowest BCUT2D eigenvalue weighted by atomic mass is 10.0. The number of amides is 1. The molecule has 1 atom stereocenters. The molecule has 1 aliphatic rings. The van der Waals surface area contributed by atoms with Gasteiger partial charge in [-0.2, -0.15) is 0 Å². The van der Waals surface area contributed by atoms with Crippen molar-refractivity contribution in [3.8, 4) is 5.69 Å². The number of carbonyl (C=O) groups is 1. The van der Waals surface area contributed by atoms with E-state index in [2.05, 4.69) is 34.3 Å². The summed E-state index contributed by atoms with van der Waals surface area (Å²) < 4.78 is 2.09. The third-order valence-corrected chi connectivity index (χ3v) is 6.97. The molecule has 0 N–H and O–H groups in total. The summed E-state index contributed by atoms with van der Waals surface area (Å²) in [6.45, 7) is 10.6. The van der Waals surface area contributed by atoms with Crippen LogP contribution in [0.1, 0.15) is 46.4 Å². The fourth-order valence-corrected chi connectivity index (χ4v) is 5.49. The van der Waals surface area contributed by atoms with Crippen LogP contribution >= 0.6 is 11.8 Å². The predicted molar refractivity (Wildman–Crippen MR) is 130 cm³/mol.